The highest BCUT2D eigenvalue weighted by Gasteiger charge is 2.13. The van der Waals surface area contributed by atoms with Crippen LogP contribution in [0.25, 0.3) is 21.8 Å². The van der Waals surface area contributed by atoms with Gasteiger partial charge in [0.1, 0.15) is 5.75 Å². The zero-order valence-corrected chi connectivity index (χ0v) is 14.5. The van der Waals surface area contributed by atoms with E-state index in [1.54, 1.807) is 7.11 Å². The number of fused-ring (bicyclic) bond motifs is 2. The van der Waals surface area contributed by atoms with E-state index in [-0.39, 0.29) is 12.0 Å². The number of hydrogen-bond donors (Lipinski definition) is 2. The van der Waals surface area contributed by atoms with Gasteiger partial charge in [-0.15, -0.1) is 0 Å². The van der Waals surface area contributed by atoms with E-state index >= 15 is 0 Å². The molecule has 3 aromatic rings. The van der Waals surface area contributed by atoms with Gasteiger partial charge in [0.2, 0.25) is 0 Å². The molecule has 0 aliphatic carbocycles. The third-order valence-corrected chi connectivity index (χ3v) is 4.45. The number of nitrogens with one attached hydrogen (secondary N) is 1. The lowest BCUT2D eigenvalue weighted by Crippen LogP contribution is -2.20. The highest BCUT2D eigenvalue weighted by Crippen LogP contribution is 2.27. The predicted octanol–water partition coefficient (Wildman–Crippen LogP) is 2.53. The predicted molar refractivity (Wildman–Crippen MR) is 101 cm³/mol. The van der Waals surface area contributed by atoms with Crippen molar-refractivity contribution in [2.45, 2.75) is 19.4 Å². The van der Waals surface area contributed by atoms with Gasteiger partial charge in [-0.1, -0.05) is 18.2 Å². The van der Waals surface area contributed by atoms with Crippen molar-refractivity contribution in [2.75, 3.05) is 26.8 Å². The van der Waals surface area contributed by atoms with Crippen LogP contribution in [0.5, 0.6) is 5.75 Å². The number of aryl methyl sites for hydroxylation is 1. The summed E-state index contributed by atoms with van der Waals surface area (Å²) in [5, 5.41) is 13.4. The maximum atomic E-state index is 12.9. The maximum Gasteiger partial charge on any atom is 0.197 e. The number of ether oxygens (including phenoxy) is 1. The zero-order chi connectivity index (χ0) is 17.6. The number of aliphatic hydroxyl groups excluding tert-OH is 1. The quantitative estimate of drug-likeness (QED) is 0.489. The van der Waals surface area contributed by atoms with Crippen molar-refractivity contribution in [3.8, 4) is 5.75 Å². The summed E-state index contributed by atoms with van der Waals surface area (Å²) in [7, 11) is 1.64. The molecule has 0 fully saturated rings. The molecule has 0 saturated carbocycles. The molecule has 3 rings (SSSR count). The highest BCUT2D eigenvalue weighted by atomic mass is 16.5. The molecular weight excluding hydrogens is 316 g/mol. The van der Waals surface area contributed by atoms with Crippen molar-refractivity contribution < 1.29 is 9.84 Å². The molecule has 0 aliphatic heterocycles. The fourth-order valence-corrected chi connectivity index (χ4v) is 3.27. The Kier molecular flexibility index (Phi) is 5.68. The van der Waals surface area contributed by atoms with Crippen LogP contribution >= 0.6 is 0 Å². The third kappa shape index (κ3) is 3.52. The van der Waals surface area contributed by atoms with Gasteiger partial charge in [0.15, 0.2) is 5.43 Å². The van der Waals surface area contributed by atoms with Crippen LogP contribution in [-0.2, 0) is 6.54 Å². The van der Waals surface area contributed by atoms with Crippen molar-refractivity contribution in [1.29, 1.82) is 0 Å². The number of benzene rings is 2. The lowest BCUT2D eigenvalue weighted by atomic mass is 10.1. The standard InChI is InChI=1S/C20H24N2O3/c1-25-18-10-6-8-16-19(18)22(13-5-4-11-21-12-14-23)17-9-3-2-7-15(17)20(16)24/h2-3,6-10,21,23H,4-5,11-14H2,1H3. The number of aliphatic hydroxyl groups is 1. The second-order valence-electron chi connectivity index (χ2n) is 6.04. The first-order valence-corrected chi connectivity index (χ1v) is 8.67. The summed E-state index contributed by atoms with van der Waals surface area (Å²) in [6, 6.07) is 13.4. The van der Waals surface area contributed by atoms with E-state index in [0.29, 0.717) is 11.9 Å². The molecule has 1 aromatic heterocycles. The molecule has 0 radical (unpaired) electrons. The fraction of sp³-hybridized carbons (Fsp3) is 0.350. The number of hydrogen-bond acceptors (Lipinski definition) is 4. The topological polar surface area (TPSA) is 63.5 Å². The molecule has 5 nitrogen and oxygen atoms in total. The molecule has 0 unspecified atom stereocenters. The van der Waals surface area contributed by atoms with Crippen LogP contribution in [0.4, 0.5) is 0 Å². The van der Waals surface area contributed by atoms with Gasteiger partial charge in [0.05, 0.1) is 30.1 Å². The van der Waals surface area contributed by atoms with E-state index < -0.39 is 0 Å². The molecule has 2 N–H and O–H groups in total. The molecule has 25 heavy (non-hydrogen) atoms. The van der Waals surface area contributed by atoms with Gasteiger partial charge < -0.3 is 19.7 Å². The van der Waals surface area contributed by atoms with E-state index in [9.17, 15) is 4.79 Å². The van der Waals surface area contributed by atoms with E-state index in [1.807, 2.05) is 42.5 Å². The van der Waals surface area contributed by atoms with E-state index in [4.69, 9.17) is 9.84 Å². The minimum absolute atomic E-state index is 0.0466. The molecule has 0 aliphatic rings. The molecule has 0 spiro atoms. The Morgan fingerprint density at radius 3 is 2.64 bits per heavy atom. The van der Waals surface area contributed by atoms with E-state index in [1.165, 1.54) is 0 Å². The smallest absolute Gasteiger partial charge is 0.197 e. The molecule has 132 valence electrons. The first kappa shape index (κ1) is 17.5. The SMILES string of the molecule is COc1cccc2c(=O)c3ccccc3n(CCCCNCCO)c12. The summed E-state index contributed by atoms with van der Waals surface area (Å²) >= 11 is 0. The number of rotatable bonds is 8. The highest BCUT2D eigenvalue weighted by molar-refractivity contribution is 5.96. The number of aromatic nitrogens is 1. The van der Waals surface area contributed by atoms with Crippen LogP contribution in [0.2, 0.25) is 0 Å². The van der Waals surface area contributed by atoms with Crippen LogP contribution in [0, 0.1) is 0 Å². The molecule has 0 atom stereocenters. The van der Waals surface area contributed by atoms with Gasteiger partial charge in [-0.3, -0.25) is 4.79 Å². The van der Waals surface area contributed by atoms with E-state index in [0.717, 1.165) is 48.1 Å². The summed E-state index contributed by atoms with van der Waals surface area (Å²) < 4.78 is 7.72. The molecule has 2 aromatic carbocycles. The lowest BCUT2D eigenvalue weighted by Gasteiger charge is -2.17. The Balaban J connectivity index is 2.04. The Bertz CT molecular complexity index is 918. The first-order valence-electron chi connectivity index (χ1n) is 8.67. The Labute approximate surface area is 146 Å². The van der Waals surface area contributed by atoms with Crippen molar-refractivity contribution in [1.82, 2.24) is 9.88 Å². The lowest BCUT2D eigenvalue weighted by molar-refractivity contribution is 0.292. The van der Waals surface area contributed by atoms with Crippen LogP contribution < -0.4 is 15.5 Å². The maximum absolute atomic E-state index is 12.9. The number of nitrogens with zero attached hydrogens (tertiary/aromatic N) is 1. The van der Waals surface area contributed by atoms with Gasteiger partial charge in [-0.05, 0) is 43.7 Å². The summed E-state index contributed by atoms with van der Waals surface area (Å²) in [6.45, 7) is 2.45. The summed E-state index contributed by atoms with van der Waals surface area (Å²) in [4.78, 5) is 12.9. The molecule has 0 bridgehead atoms. The number of para-hydroxylation sites is 2. The van der Waals surface area contributed by atoms with E-state index in [2.05, 4.69) is 9.88 Å². The van der Waals surface area contributed by atoms with Gasteiger partial charge in [0.25, 0.3) is 0 Å². The largest absolute Gasteiger partial charge is 0.495 e. The molecular formula is C20H24N2O3. The number of unbranched alkanes of at least 4 members (excludes halogenated alkanes) is 1. The summed E-state index contributed by atoms with van der Waals surface area (Å²) in [5.41, 5.74) is 1.84. The molecule has 1 heterocycles. The Hall–Kier alpha value is -2.37. The zero-order valence-electron chi connectivity index (χ0n) is 14.5. The average molecular weight is 340 g/mol. The van der Waals surface area contributed by atoms with Crippen LogP contribution in [0.1, 0.15) is 12.8 Å². The summed E-state index contributed by atoms with van der Waals surface area (Å²) in [5.74, 6) is 0.721. The van der Waals surface area contributed by atoms with Gasteiger partial charge in [-0.25, -0.2) is 0 Å². The van der Waals surface area contributed by atoms with Crippen molar-refractivity contribution in [3.05, 3.63) is 52.7 Å². The van der Waals surface area contributed by atoms with Gasteiger partial charge in [-0.2, -0.15) is 0 Å². The first-order chi connectivity index (χ1) is 12.3. The second kappa shape index (κ2) is 8.14. The van der Waals surface area contributed by atoms with Gasteiger partial charge in [0, 0.05) is 18.5 Å². The summed E-state index contributed by atoms with van der Waals surface area (Å²) in [6.07, 6.45) is 1.97. The van der Waals surface area contributed by atoms with Gasteiger partial charge >= 0.3 is 0 Å². The second-order valence-corrected chi connectivity index (χ2v) is 6.04. The third-order valence-electron chi connectivity index (χ3n) is 4.45. The number of methoxy groups -OCH3 is 1. The van der Waals surface area contributed by atoms with Crippen molar-refractivity contribution >= 4 is 21.8 Å². The van der Waals surface area contributed by atoms with Crippen molar-refractivity contribution in [3.63, 3.8) is 0 Å². The Morgan fingerprint density at radius 2 is 1.84 bits per heavy atom. The van der Waals surface area contributed by atoms with Crippen molar-refractivity contribution in [2.24, 2.45) is 0 Å². The van der Waals surface area contributed by atoms with Crippen LogP contribution in [0.15, 0.2) is 47.3 Å². The Morgan fingerprint density at radius 1 is 1.04 bits per heavy atom. The van der Waals surface area contributed by atoms with Crippen LogP contribution in [0.3, 0.4) is 0 Å². The monoisotopic (exact) mass is 340 g/mol. The normalized spacial score (nSPS) is 11.3. The molecule has 5 heteroatoms. The number of pyridine rings is 1. The minimum Gasteiger partial charge on any atom is -0.495 e. The minimum atomic E-state index is 0.0466. The molecule has 0 amide bonds. The van der Waals surface area contributed by atoms with Crippen LogP contribution in [-0.4, -0.2) is 36.5 Å². The fourth-order valence-electron chi connectivity index (χ4n) is 3.27. The average Bonchev–Trinajstić information content (AvgIpc) is 2.66. The molecule has 0 saturated heterocycles.